The number of nitrogens with two attached hydrogens (primary N) is 1. The molecule has 0 aliphatic heterocycles. The molecule has 1 aliphatic carbocycles. The van der Waals surface area contributed by atoms with E-state index in [1.165, 1.54) is 59.7 Å². The predicted molar refractivity (Wildman–Crippen MR) is 133 cm³/mol. The molecule has 0 bridgehead atoms. The Hall–Kier alpha value is -2.10. The second kappa shape index (κ2) is 11.0. The highest BCUT2D eigenvalue weighted by Gasteiger charge is 2.23. The number of fused-ring (bicyclic) bond motifs is 1. The Morgan fingerprint density at radius 2 is 1.84 bits per heavy atom. The van der Waals surface area contributed by atoms with Crippen molar-refractivity contribution in [2.24, 2.45) is 5.73 Å². The highest BCUT2D eigenvalue weighted by molar-refractivity contribution is 5.85. The summed E-state index contributed by atoms with van der Waals surface area (Å²) in [4.78, 5) is 0. The summed E-state index contributed by atoms with van der Waals surface area (Å²) in [5.41, 5.74) is 11.3. The van der Waals surface area contributed by atoms with E-state index in [9.17, 15) is 0 Å². The summed E-state index contributed by atoms with van der Waals surface area (Å²) in [5.74, 6) is 0.414. The molecule has 0 spiro atoms. The Labute approximate surface area is 188 Å². The zero-order valence-corrected chi connectivity index (χ0v) is 19.2. The highest BCUT2D eigenvalue weighted by Crippen LogP contribution is 2.38. The van der Waals surface area contributed by atoms with Crippen molar-refractivity contribution >= 4 is 10.9 Å². The van der Waals surface area contributed by atoms with Gasteiger partial charge in [0.1, 0.15) is 0 Å². The molecule has 166 valence electrons. The van der Waals surface area contributed by atoms with Crippen LogP contribution in [0.25, 0.3) is 10.9 Å². The molecule has 2 aromatic carbocycles. The minimum atomic E-state index is 0.414. The van der Waals surface area contributed by atoms with E-state index in [1.807, 2.05) is 0 Å². The maximum Gasteiger partial charge on any atom is 0.0485 e. The molecular formula is C28H39N3. The van der Waals surface area contributed by atoms with Gasteiger partial charge in [-0.05, 0) is 75.9 Å². The van der Waals surface area contributed by atoms with Crippen molar-refractivity contribution in [2.75, 3.05) is 19.6 Å². The Kier molecular flexibility index (Phi) is 7.82. The first-order chi connectivity index (χ1) is 15.3. The number of para-hydroxylation sites is 1. The lowest BCUT2D eigenvalue weighted by molar-refractivity contribution is 0.360. The molecule has 0 saturated heterocycles. The van der Waals surface area contributed by atoms with E-state index in [4.69, 9.17) is 5.73 Å². The molecule has 1 aliphatic rings. The number of rotatable bonds is 10. The van der Waals surface area contributed by atoms with Crippen molar-refractivity contribution in [1.29, 1.82) is 0 Å². The lowest BCUT2D eigenvalue weighted by atomic mass is 9.87. The molecule has 3 N–H and O–H groups in total. The fourth-order valence-corrected chi connectivity index (χ4v) is 5.33. The molecular weight excluding hydrogens is 378 g/mol. The van der Waals surface area contributed by atoms with E-state index in [1.54, 1.807) is 0 Å². The van der Waals surface area contributed by atoms with Crippen LogP contribution in [0.1, 0.15) is 80.0 Å². The van der Waals surface area contributed by atoms with Gasteiger partial charge in [-0.2, -0.15) is 0 Å². The fraction of sp³-hybridized carbons (Fsp3) is 0.500. The minimum absolute atomic E-state index is 0.414. The number of unbranched alkanes of at least 4 members (excludes halogenated alkanes) is 1. The lowest BCUT2D eigenvalue weighted by Crippen LogP contribution is -2.20. The van der Waals surface area contributed by atoms with Crippen LogP contribution in [0.5, 0.6) is 0 Å². The summed E-state index contributed by atoms with van der Waals surface area (Å²) in [6, 6.07) is 18.8. The average Bonchev–Trinajstić information content (AvgIpc) is 3.19. The maximum atomic E-state index is 5.64. The van der Waals surface area contributed by atoms with Gasteiger partial charge in [0, 0.05) is 29.1 Å². The Morgan fingerprint density at radius 3 is 2.65 bits per heavy atom. The van der Waals surface area contributed by atoms with E-state index in [-0.39, 0.29) is 0 Å². The van der Waals surface area contributed by atoms with Crippen LogP contribution in [-0.2, 0) is 0 Å². The van der Waals surface area contributed by atoms with Gasteiger partial charge < -0.3 is 15.6 Å². The van der Waals surface area contributed by atoms with Crippen molar-refractivity contribution in [3.63, 3.8) is 0 Å². The molecule has 1 saturated carbocycles. The number of aryl methyl sites for hydroxylation is 1. The number of hydrogen-bond donors (Lipinski definition) is 2. The molecule has 1 atom stereocenters. The molecule has 4 rings (SSSR count). The van der Waals surface area contributed by atoms with Crippen molar-refractivity contribution in [1.82, 2.24) is 9.88 Å². The van der Waals surface area contributed by atoms with Crippen LogP contribution in [-0.4, -0.2) is 24.2 Å². The number of hydrogen-bond acceptors (Lipinski definition) is 2. The normalized spacial score (nSPS) is 16.1. The van der Waals surface area contributed by atoms with Gasteiger partial charge in [0.15, 0.2) is 0 Å². The minimum Gasteiger partial charge on any atom is -0.344 e. The van der Waals surface area contributed by atoms with E-state index in [0.717, 1.165) is 38.9 Å². The first-order valence-electron chi connectivity index (χ1n) is 12.3. The molecule has 1 aromatic heterocycles. The van der Waals surface area contributed by atoms with Crippen LogP contribution in [0, 0.1) is 6.92 Å². The molecule has 3 aromatic rings. The smallest absolute Gasteiger partial charge is 0.0485 e. The Bertz CT molecular complexity index is 952. The molecule has 0 amide bonds. The van der Waals surface area contributed by atoms with E-state index >= 15 is 0 Å². The number of nitrogens with one attached hydrogen (secondary N) is 1. The van der Waals surface area contributed by atoms with Crippen molar-refractivity contribution in [3.05, 3.63) is 71.4 Å². The third-order valence-corrected chi connectivity index (χ3v) is 6.98. The second-order valence-electron chi connectivity index (χ2n) is 9.30. The van der Waals surface area contributed by atoms with Gasteiger partial charge in [-0.3, -0.25) is 0 Å². The lowest BCUT2D eigenvalue weighted by Gasteiger charge is -2.24. The molecule has 1 unspecified atom stereocenters. The van der Waals surface area contributed by atoms with Crippen LogP contribution in [0.3, 0.4) is 0 Å². The number of aromatic nitrogens is 1. The number of nitrogens with zero attached hydrogens (tertiary/aromatic N) is 1. The van der Waals surface area contributed by atoms with Gasteiger partial charge in [-0.25, -0.2) is 0 Å². The average molecular weight is 418 g/mol. The highest BCUT2D eigenvalue weighted by atomic mass is 15.0. The Morgan fingerprint density at radius 1 is 1.00 bits per heavy atom. The predicted octanol–water partition coefficient (Wildman–Crippen LogP) is 6.31. The van der Waals surface area contributed by atoms with Crippen LogP contribution < -0.4 is 11.1 Å². The SMILES string of the molecule is Cc1cccc(C(CCNCCCCN)c2cn(C3CCCCC3)c3ccccc23)c1. The van der Waals surface area contributed by atoms with Crippen LogP contribution in [0.4, 0.5) is 0 Å². The van der Waals surface area contributed by atoms with Crippen LogP contribution in [0.15, 0.2) is 54.7 Å². The first kappa shape index (κ1) is 22.1. The maximum absolute atomic E-state index is 5.64. The Balaban J connectivity index is 1.65. The third kappa shape index (κ3) is 5.39. The molecule has 3 nitrogen and oxygen atoms in total. The van der Waals surface area contributed by atoms with E-state index < -0.39 is 0 Å². The zero-order chi connectivity index (χ0) is 21.5. The van der Waals surface area contributed by atoms with Gasteiger partial charge in [-0.15, -0.1) is 0 Å². The summed E-state index contributed by atoms with van der Waals surface area (Å²) in [7, 11) is 0. The third-order valence-electron chi connectivity index (χ3n) is 6.98. The molecule has 3 heteroatoms. The summed E-state index contributed by atoms with van der Waals surface area (Å²) in [6.07, 6.45) is 12.6. The number of benzene rings is 2. The van der Waals surface area contributed by atoms with Gasteiger partial charge in [0.2, 0.25) is 0 Å². The molecule has 1 fully saturated rings. The summed E-state index contributed by atoms with van der Waals surface area (Å²) in [6.45, 7) is 5.08. The summed E-state index contributed by atoms with van der Waals surface area (Å²) in [5, 5.41) is 5.09. The second-order valence-corrected chi connectivity index (χ2v) is 9.30. The fourth-order valence-electron chi connectivity index (χ4n) is 5.33. The molecule has 1 heterocycles. The van der Waals surface area contributed by atoms with Crippen LogP contribution >= 0.6 is 0 Å². The van der Waals surface area contributed by atoms with Crippen molar-refractivity contribution in [2.45, 2.75) is 70.3 Å². The standard InChI is InChI=1S/C28H39N3/c1-22-10-9-11-23(20-22)25(16-19-30-18-8-7-17-29)27-21-31(24-12-3-2-4-13-24)28-15-6-5-14-26(27)28/h5-6,9-11,14-15,20-21,24-25,30H,2-4,7-8,12-13,16-19,29H2,1H3. The monoisotopic (exact) mass is 417 g/mol. The van der Waals surface area contributed by atoms with Crippen LogP contribution in [0.2, 0.25) is 0 Å². The summed E-state index contributed by atoms with van der Waals surface area (Å²) < 4.78 is 2.61. The summed E-state index contributed by atoms with van der Waals surface area (Å²) >= 11 is 0. The molecule has 31 heavy (non-hydrogen) atoms. The van der Waals surface area contributed by atoms with Crippen molar-refractivity contribution in [3.8, 4) is 0 Å². The first-order valence-corrected chi connectivity index (χ1v) is 12.3. The topological polar surface area (TPSA) is 43.0 Å². The van der Waals surface area contributed by atoms with Gasteiger partial charge in [0.05, 0.1) is 0 Å². The van der Waals surface area contributed by atoms with Crippen molar-refractivity contribution < 1.29 is 0 Å². The zero-order valence-electron chi connectivity index (χ0n) is 19.2. The quantitative estimate of drug-likeness (QED) is 0.380. The van der Waals surface area contributed by atoms with E-state index in [2.05, 4.69) is 71.5 Å². The largest absolute Gasteiger partial charge is 0.344 e. The van der Waals surface area contributed by atoms with Gasteiger partial charge >= 0.3 is 0 Å². The molecule has 0 radical (unpaired) electrons. The van der Waals surface area contributed by atoms with E-state index in [0.29, 0.717) is 12.0 Å². The van der Waals surface area contributed by atoms with Gasteiger partial charge in [0.25, 0.3) is 0 Å². The van der Waals surface area contributed by atoms with Gasteiger partial charge in [-0.1, -0.05) is 67.3 Å².